The van der Waals surface area contributed by atoms with E-state index in [4.69, 9.17) is 4.74 Å². The Bertz CT molecular complexity index is 1200. The van der Waals surface area contributed by atoms with Gasteiger partial charge in [0.1, 0.15) is 12.0 Å². The number of nitrogens with zero attached hydrogens (tertiary/aromatic N) is 2. The lowest BCUT2D eigenvalue weighted by Gasteiger charge is -2.26. The van der Waals surface area contributed by atoms with E-state index in [1.54, 1.807) is 44.3 Å². The SMILES string of the molecule is CC(=O)Nc1cc(-c2[nH]c3c(c2NC2=CCC(F)C=C2)C(=O)CN(C(=O)OC(C)C)C3)ccn1. The van der Waals surface area contributed by atoms with Gasteiger partial charge in [0.2, 0.25) is 5.91 Å². The molecule has 0 radical (unpaired) electrons. The van der Waals surface area contributed by atoms with Gasteiger partial charge in [-0.1, -0.05) is 6.08 Å². The summed E-state index contributed by atoms with van der Waals surface area (Å²) in [5, 5.41) is 5.90. The van der Waals surface area contributed by atoms with E-state index in [1.807, 2.05) is 0 Å². The van der Waals surface area contributed by atoms with Crippen LogP contribution in [0.25, 0.3) is 11.3 Å². The molecule has 10 heteroatoms. The third-order valence-corrected chi connectivity index (χ3v) is 5.30. The number of carbonyl (C=O) groups is 3. The lowest BCUT2D eigenvalue weighted by atomic mass is 10.0. The van der Waals surface area contributed by atoms with Crippen molar-refractivity contribution in [2.24, 2.45) is 0 Å². The molecule has 2 amide bonds. The Labute approximate surface area is 196 Å². The standard InChI is InChI=1S/C24H26FN5O4/c1-13(2)34-24(33)30-11-18-21(19(32)12-30)23(28-17-6-4-16(25)5-7-17)22(29-18)15-8-9-26-20(10-15)27-14(3)31/h4,6-10,13,16,28-29H,5,11-12H2,1-3H3,(H,26,27,31). The molecule has 0 bridgehead atoms. The van der Waals surface area contributed by atoms with Crippen LogP contribution in [0.5, 0.6) is 0 Å². The van der Waals surface area contributed by atoms with Crippen LogP contribution in [-0.4, -0.2) is 51.5 Å². The average molecular weight is 468 g/mol. The first-order valence-electron chi connectivity index (χ1n) is 11.0. The Morgan fingerprint density at radius 3 is 2.79 bits per heavy atom. The number of Topliss-reactive ketones (excluding diaryl/α,β-unsaturated/α-hetero) is 1. The Hall–Kier alpha value is -3.95. The van der Waals surface area contributed by atoms with Crippen molar-refractivity contribution in [2.45, 2.75) is 46.0 Å². The van der Waals surface area contributed by atoms with E-state index in [0.717, 1.165) is 0 Å². The van der Waals surface area contributed by atoms with Crippen molar-refractivity contribution in [2.75, 3.05) is 17.2 Å². The van der Waals surface area contributed by atoms with Crippen molar-refractivity contribution in [3.8, 4) is 11.3 Å². The monoisotopic (exact) mass is 467 g/mol. The fourth-order valence-corrected chi connectivity index (χ4v) is 3.89. The van der Waals surface area contributed by atoms with E-state index < -0.39 is 12.3 Å². The summed E-state index contributed by atoms with van der Waals surface area (Å²) in [5.74, 6) is -0.164. The number of nitrogens with one attached hydrogen (secondary N) is 3. The van der Waals surface area contributed by atoms with Gasteiger partial charge in [-0.15, -0.1) is 0 Å². The number of anilines is 2. The van der Waals surface area contributed by atoms with Crippen molar-refractivity contribution in [3.05, 3.63) is 53.5 Å². The number of rotatable bonds is 5. The number of alkyl halides is 1. The minimum absolute atomic E-state index is 0.126. The van der Waals surface area contributed by atoms with Gasteiger partial charge in [-0.05, 0) is 38.1 Å². The van der Waals surface area contributed by atoms with Gasteiger partial charge >= 0.3 is 6.09 Å². The molecule has 2 aliphatic rings. The maximum absolute atomic E-state index is 13.6. The van der Waals surface area contributed by atoms with Crippen LogP contribution in [0.1, 0.15) is 43.2 Å². The minimum Gasteiger partial charge on any atom is -0.447 e. The van der Waals surface area contributed by atoms with Gasteiger partial charge in [0.05, 0.1) is 36.1 Å². The maximum atomic E-state index is 13.6. The number of hydrogen-bond acceptors (Lipinski definition) is 6. The van der Waals surface area contributed by atoms with Crippen LogP contribution >= 0.6 is 0 Å². The van der Waals surface area contributed by atoms with E-state index in [1.165, 1.54) is 17.9 Å². The second kappa shape index (κ2) is 9.50. The number of allylic oxidation sites excluding steroid dienone is 3. The second-order valence-electron chi connectivity index (χ2n) is 8.45. The molecule has 0 saturated carbocycles. The summed E-state index contributed by atoms with van der Waals surface area (Å²) in [6.45, 7) is 4.91. The molecule has 178 valence electrons. The summed E-state index contributed by atoms with van der Waals surface area (Å²) in [6.07, 6.45) is 4.66. The predicted molar refractivity (Wildman–Crippen MR) is 125 cm³/mol. The Morgan fingerprint density at radius 1 is 1.32 bits per heavy atom. The van der Waals surface area contributed by atoms with Gasteiger partial charge in [-0.3, -0.25) is 14.5 Å². The van der Waals surface area contributed by atoms with Crippen LogP contribution in [0.15, 0.2) is 42.3 Å². The first kappa shape index (κ1) is 23.2. The molecule has 2 aromatic heterocycles. The lowest BCUT2D eigenvalue weighted by molar-refractivity contribution is -0.114. The smallest absolute Gasteiger partial charge is 0.410 e. The maximum Gasteiger partial charge on any atom is 0.410 e. The van der Waals surface area contributed by atoms with Gasteiger partial charge in [-0.2, -0.15) is 0 Å². The number of halogens is 1. The highest BCUT2D eigenvalue weighted by Crippen LogP contribution is 2.38. The minimum atomic E-state index is -1.05. The van der Waals surface area contributed by atoms with Gasteiger partial charge in [0.25, 0.3) is 0 Å². The Balaban J connectivity index is 1.76. The number of aromatic amines is 1. The average Bonchev–Trinajstić information content (AvgIpc) is 3.13. The first-order valence-corrected chi connectivity index (χ1v) is 11.0. The fraction of sp³-hybridized carbons (Fsp3) is 0.333. The topological polar surface area (TPSA) is 116 Å². The van der Waals surface area contributed by atoms with Crippen molar-refractivity contribution in [1.29, 1.82) is 0 Å². The molecular formula is C24H26FN5O4. The lowest BCUT2D eigenvalue weighted by Crippen LogP contribution is -2.40. The molecule has 4 rings (SSSR count). The van der Waals surface area contributed by atoms with Crippen molar-refractivity contribution < 1.29 is 23.5 Å². The third kappa shape index (κ3) is 5.00. The molecule has 2 aromatic rings. The van der Waals surface area contributed by atoms with Crippen LogP contribution in [0, 0.1) is 0 Å². The fourth-order valence-electron chi connectivity index (χ4n) is 3.89. The molecule has 0 spiro atoms. The quantitative estimate of drug-likeness (QED) is 0.608. The Kier molecular flexibility index (Phi) is 6.49. The van der Waals surface area contributed by atoms with E-state index >= 15 is 0 Å². The zero-order valence-corrected chi connectivity index (χ0v) is 19.1. The number of fused-ring (bicyclic) bond motifs is 1. The van der Waals surface area contributed by atoms with Crippen molar-refractivity contribution in [1.82, 2.24) is 14.9 Å². The predicted octanol–water partition coefficient (Wildman–Crippen LogP) is 4.17. The second-order valence-corrected chi connectivity index (χ2v) is 8.45. The van der Waals surface area contributed by atoms with Crippen LogP contribution in [-0.2, 0) is 16.1 Å². The summed E-state index contributed by atoms with van der Waals surface area (Å²) in [4.78, 5) is 45.9. The van der Waals surface area contributed by atoms with Gasteiger partial charge < -0.3 is 20.4 Å². The van der Waals surface area contributed by atoms with E-state index in [9.17, 15) is 18.8 Å². The number of ether oxygens (including phenoxy) is 1. The number of pyridine rings is 1. The molecule has 0 fully saturated rings. The number of ketones is 1. The summed E-state index contributed by atoms with van der Waals surface area (Å²) in [7, 11) is 0. The van der Waals surface area contributed by atoms with Gasteiger partial charge in [-0.25, -0.2) is 14.2 Å². The number of carbonyl (C=O) groups excluding carboxylic acids is 3. The molecule has 1 atom stereocenters. The number of hydrogen-bond donors (Lipinski definition) is 3. The van der Waals surface area contributed by atoms with E-state index in [0.29, 0.717) is 39.7 Å². The molecule has 0 saturated heterocycles. The molecule has 1 aliphatic carbocycles. The molecule has 9 nitrogen and oxygen atoms in total. The normalized spacial score (nSPS) is 17.3. The first-order chi connectivity index (χ1) is 16.2. The zero-order chi connectivity index (χ0) is 24.4. The molecular weight excluding hydrogens is 441 g/mol. The van der Waals surface area contributed by atoms with Gasteiger partial charge in [0.15, 0.2) is 5.78 Å². The summed E-state index contributed by atoms with van der Waals surface area (Å²) < 4.78 is 18.8. The number of aromatic nitrogens is 2. The molecule has 34 heavy (non-hydrogen) atoms. The molecule has 3 N–H and O–H groups in total. The molecule has 1 aliphatic heterocycles. The van der Waals surface area contributed by atoms with E-state index in [2.05, 4.69) is 20.6 Å². The van der Waals surface area contributed by atoms with Gasteiger partial charge in [0, 0.05) is 36.5 Å². The summed E-state index contributed by atoms with van der Waals surface area (Å²) in [5.41, 5.74) is 3.41. The van der Waals surface area contributed by atoms with Crippen LogP contribution < -0.4 is 10.6 Å². The highest BCUT2D eigenvalue weighted by molar-refractivity contribution is 6.09. The van der Waals surface area contributed by atoms with Crippen molar-refractivity contribution >= 4 is 29.3 Å². The molecule has 0 aromatic carbocycles. The zero-order valence-electron chi connectivity index (χ0n) is 19.1. The molecule has 3 heterocycles. The largest absolute Gasteiger partial charge is 0.447 e. The Morgan fingerprint density at radius 2 is 2.12 bits per heavy atom. The summed E-state index contributed by atoms with van der Waals surface area (Å²) in [6, 6.07) is 3.42. The third-order valence-electron chi connectivity index (χ3n) is 5.30. The van der Waals surface area contributed by atoms with Crippen LogP contribution in [0.4, 0.5) is 20.7 Å². The van der Waals surface area contributed by atoms with Crippen LogP contribution in [0.3, 0.4) is 0 Å². The molecule has 1 unspecified atom stereocenters. The van der Waals surface area contributed by atoms with Crippen molar-refractivity contribution in [3.63, 3.8) is 0 Å². The number of amides is 2. The number of H-pyrrole nitrogens is 1. The van der Waals surface area contributed by atoms with Crippen LogP contribution in [0.2, 0.25) is 0 Å². The summed E-state index contributed by atoms with van der Waals surface area (Å²) >= 11 is 0. The van der Waals surface area contributed by atoms with E-state index in [-0.39, 0.29) is 37.3 Å². The highest BCUT2D eigenvalue weighted by Gasteiger charge is 2.33. The highest BCUT2D eigenvalue weighted by atomic mass is 19.1.